The number of carbonyl (C=O) groups excluding carboxylic acids is 2. The lowest BCUT2D eigenvalue weighted by atomic mass is 10.1. The van der Waals surface area contributed by atoms with E-state index in [1.807, 2.05) is 0 Å². The average molecular weight is 413 g/mol. The number of hydrogen-bond acceptors (Lipinski definition) is 6. The van der Waals surface area contributed by atoms with Crippen LogP contribution in [0.3, 0.4) is 0 Å². The van der Waals surface area contributed by atoms with E-state index in [9.17, 15) is 26.8 Å². The first-order chi connectivity index (χ1) is 13.1. The smallest absolute Gasteiger partial charge is 0.387 e. The van der Waals surface area contributed by atoms with Gasteiger partial charge in [0.2, 0.25) is 15.8 Å². The molecule has 0 saturated heterocycles. The van der Waals surface area contributed by atoms with Gasteiger partial charge in [0, 0.05) is 5.56 Å². The summed E-state index contributed by atoms with van der Waals surface area (Å²) in [7, 11) is -2.51. The van der Waals surface area contributed by atoms with Gasteiger partial charge >= 0.3 is 12.6 Å². The van der Waals surface area contributed by atoms with E-state index in [2.05, 4.69) is 9.46 Å². The third-order valence-electron chi connectivity index (χ3n) is 3.67. The van der Waals surface area contributed by atoms with Gasteiger partial charge in [-0.2, -0.15) is 8.78 Å². The number of hydrogen-bond donors (Lipinski definition) is 1. The highest BCUT2D eigenvalue weighted by Crippen LogP contribution is 2.18. The molecule has 2 aromatic carbocycles. The summed E-state index contributed by atoms with van der Waals surface area (Å²) in [5.41, 5.74) is 0.0880. The molecule has 0 saturated carbocycles. The fraction of sp³-hybridized carbons (Fsp3) is 0.222. The molecular formula is C18H17F2NO6S. The highest BCUT2D eigenvalue weighted by molar-refractivity contribution is 7.89. The molecule has 0 fully saturated rings. The lowest BCUT2D eigenvalue weighted by Crippen LogP contribution is -2.25. The minimum Gasteiger partial charge on any atom is -0.451 e. The van der Waals surface area contributed by atoms with Gasteiger partial charge in [-0.1, -0.05) is 6.07 Å². The molecule has 0 aliphatic heterocycles. The number of benzene rings is 2. The SMILES string of the molecule is CNS(=O)(=O)c1cccc(C(=O)O[C@@H](C)C(=O)c2ccc(OC(F)F)cc2)c1. The number of carbonyl (C=O) groups is 2. The summed E-state index contributed by atoms with van der Waals surface area (Å²) in [6, 6.07) is 10.1. The molecule has 0 radical (unpaired) electrons. The monoisotopic (exact) mass is 413 g/mol. The van der Waals surface area contributed by atoms with E-state index in [-0.39, 0.29) is 21.8 Å². The molecule has 0 aliphatic carbocycles. The highest BCUT2D eigenvalue weighted by atomic mass is 32.2. The van der Waals surface area contributed by atoms with Crippen LogP contribution in [0.25, 0.3) is 0 Å². The van der Waals surface area contributed by atoms with Crippen molar-refractivity contribution in [3.63, 3.8) is 0 Å². The normalized spacial score (nSPS) is 12.5. The quantitative estimate of drug-likeness (QED) is 0.528. The summed E-state index contributed by atoms with van der Waals surface area (Å²) in [4.78, 5) is 24.5. The van der Waals surface area contributed by atoms with Crippen molar-refractivity contribution in [2.24, 2.45) is 0 Å². The van der Waals surface area contributed by atoms with Crippen LogP contribution >= 0.6 is 0 Å². The number of sulfonamides is 1. The lowest BCUT2D eigenvalue weighted by Gasteiger charge is -2.13. The molecule has 0 aromatic heterocycles. The third kappa shape index (κ3) is 5.33. The van der Waals surface area contributed by atoms with Crippen LogP contribution in [-0.2, 0) is 14.8 Å². The summed E-state index contributed by atoms with van der Waals surface area (Å²) in [5, 5.41) is 0. The van der Waals surface area contributed by atoms with Crippen LogP contribution in [0.15, 0.2) is 53.4 Å². The maximum atomic E-state index is 12.3. The number of nitrogens with one attached hydrogen (secondary N) is 1. The van der Waals surface area contributed by atoms with Crippen molar-refractivity contribution in [1.82, 2.24) is 4.72 Å². The van der Waals surface area contributed by atoms with Crippen molar-refractivity contribution in [3.8, 4) is 5.75 Å². The molecule has 0 spiro atoms. The van der Waals surface area contributed by atoms with Crippen LogP contribution in [0.1, 0.15) is 27.6 Å². The zero-order valence-electron chi connectivity index (χ0n) is 14.9. The molecular weight excluding hydrogens is 396 g/mol. The molecule has 28 heavy (non-hydrogen) atoms. The van der Waals surface area contributed by atoms with Crippen molar-refractivity contribution in [2.45, 2.75) is 24.5 Å². The van der Waals surface area contributed by atoms with Gasteiger partial charge in [0.05, 0.1) is 10.5 Å². The van der Waals surface area contributed by atoms with Gasteiger partial charge in [-0.05, 0) is 56.4 Å². The van der Waals surface area contributed by atoms with Gasteiger partial charge in [0.1, 0.15) is 5.75 Å². The first-order valence-electron chi connectivity index (χ1n) is 7.97. The van der Waals surface area contributed by atoms with Gasteiger partial charge in [0.15, 0.2) is 6.10 Å². The van der Waals surface area contributed by atoms with Gasteiger partial charge in [-0.3, -0.25) is 4.79 Å². The predicted molar refractivity (Wildman–Crippen MR) is 95.0 cm³/mol. The molecule has 0 amide bonds. The van der Waals surface area contributed by atoms with Gasteiger partial charge < -0.3 is 9.47 Å². The zero-order valence-corrected chi connectivity index (χ0v) is 15.7. The lowest BCUT2D eigenvalue weighted by molar-refractivity contribution is -0.0498. The van der Waals surface area contributed by atoms with Crippen molar-refractivity contribution in [2.75, 3.05) is 7.05 Å². The number of alkyl halides is 2. The number of ketones is 1. The van der Waals surface area contributed by atoms with Gasteiger partial charge in [-0.25, -0.2) is 17.9 Å². The Bertz CT molecular complexity index is 960. The van der Waals surface area contributed by atoms with E-state index in [4.69, 9.17) is 4.74 Å². The van der Waals surface area contributed by atoms with E-state index in [0.717, 1.165) is 6.07 Å². The summed E-state index contributed by atoms with van der Waals surface area (Å²) < 4.78 is 59.3. The molecule has 0 heterocycles. The minimum absolute atomic E-state index is 0.0448. The fourth-order valence-electron chi connectivity index (χ4n) is 2.23. The van der Waals surface area contributed by atoms with E-state index >= 15 is 0 Å². The van der Waals surface area contributed by atoms with Crippen molar-refractivity contribution >= 4 is 21.8 Å². The van der Waals surface area contributed by atoms with E-state index in [0.29, 0.717) is 0 Å². The molecule has 1 N–H and O–H groups in total. The standard InChI is InChI=1S/C18H17F2NO6S/c1-11(16(22)12-6-8-14(9-7-12)27-18(19)20)26-17(23)13-4-3-5-15(10-13)28(24,25)21-2/h3-11,18,21H,1-2H3/t11-/m0/s1. The Morgan fingerprint density at radius 2 is 1.68 bits per heavy atom. The number of esters is 1. The van der Waals surface area contributed by atoms with Crippen LogP contribution in [0.2, 0.25) is 0 Å². The maximum Gasteiger partial charge on any atom is 0.387 e. The Morgan fingerprint density at radius 3 is 2.25 bits per heavy atom. The van der Waals surface area contributed by atoms with Crippen LogP contribution in [0, 0.1) is 0 Å². The molecule has 0 unspecified atom stereocenters. The fourth-order valence-corrected chi connectivity index (χ4v) is 3.00. The van der Waals surface area contributed by atoms with Gasteiger partial charge in [-0.15, -0.1) is 0 Å². The molecule has 1 atom stereocenters. The second-order valence-electron chi connectivity index (χ2n) is 5.55. The van der Waals surface area contributed by atoms with Crippen LogP contribution in [0.5, 0.6) is 5.75 Å². The molecule has 0 aliphatic rings. The summed E-state index contributed by atoms with van der Waals surface area (Å²) in [5.74, 6) is -1.55. The number of ether oxygens (including phenoxy) is 2. The summed E-state index contributed by atoms with van der Waals surface area (Å²) in [6.45, 7) is -1.64. The number of Topliss-reactive ketones (excluding diaryl/α,β-unsaturated/α-hetero) is 1. The molecule has 10 heteroatoms. The van der Waals surface area contributed by atoms with Crippen LogP contribution < -0.4 is 9.46 Å². The van der Waals surface area contributed by atoms with E-state index < -0.39 is 34.5 Å². The van der Waals surface area contributed by atoms with Crippen molar-refractivity contribution in [3.05, 3.63) is 59.7 Å². The van der Waals surface area contributed by atoms with Crippen molar-refractivity contribution in [1.29, 1.82) is 0 Å². The van der Waals surface area contributed by atoms with E-state index in [1.54, 1.807) is 0 Å². The number of halogens is 2. The van der Waals surface area contributed by atoms with Gasteiger partial charge in [0.25, 0.3) is 0 Å². The maximum absolute atomic E-state index is 12.3. The Morgan fingerprint density at radius 1 is 1.04 bits per heavy atom. The minimum atomic E-state index is -3.74. The second-order valence-corrected chi connectivity index (χ2v) is 7.44. The van der Waals surface area contributed by atoms with E-state index in [1.165, 1.54) is 56.4 Å². The first-order valence-corrected chi connectivity index (χ1v) is 9.46. The summed E-state index contributed by atoms with van der Waals surface area (Å²) >= 11 is 0. The van der Waals surface area contributed by atoms with Crippen LogP contribution in [0.4, 0.5) is 8.78 Å². The zero-order chi connectivity index (χ0) is 20.9. The third-order valence-corrected chi connectivity index (χ3v) is 5.08. The molecule has 0 bridgehead atoms. The summed E-state index contributed by atoms with van der Waals surface area (Å²) in [6.07, 6.45) is -1.18. The molecule has 7 nitrogen and oxygen atoms in total. The second kappa shape index (κ2) is 8.89. The highest BCUT2D eigenvalue weighted by Gasteiger charge is 2.22. The Balaban J connectivity index is 2.09. The largest absolute Gasteiger partial charge is 0.451 e. The Labute approximate surface area is 160 Å². The number of rotatable bonds is 8. The topological polar surface area (TPSA) is 98.8 Å². The molecule has 2 rings (SSSR count). The Kier molecular flexibility index (Phi) is 6.81. The Hall–Kier alpha value is -2.85. The molecule has 150 valence electrons. The first kappa shape index (κ1) is 21.5. The molecule has 2 aromatic rings. The van der Waals surface area contributed by atoms with Crippen molar-refractivity contribution < 1.29 is 36.3 Å². The van der Waals surface area contributed by atoms with Crippen LogP contribution in [-0.4, -0.2) is 39.9 Å². The predicted octanol–water partition coefficient (Wildman–Crippen LogP) is 2.62. The average Bonchev–Trinajstić information content (AvgIpc) is 2.67.